The van der Waals surface area contributed by atoms with Crippen LogP contribution in [0.15, 0.2) is 91.1 Å². The van der Waals surface area contributed by atoms with Crippen molar-refractivity contribution in [2.24, 2.45) is 0 Å². The van der Waals surface area contributed by atoms with Crippen LogP contribution in [0.4, 0.5) is 0 Å². The Kier molecular flexibility index (Phi) is 8.02. The van der Waals surface area contributed by atoms with Gasteiger partial charge in [0.25, 0.3) is 0 Å². The number of fused-ring (bicyclic) bond motifs is 2. The van der Waals surface area contributed by atoms with Crippen LogP contribution in [0.5, 0.6) is 5.75 Å². The monoisotopic (exact) mass is 538 g/mol. The van der Waals surface area contributed by atoms with E-state index in [2.05, 4.69) is 122 Å². The first-order valence-electron chi connectivity index (χ1n) is 14.0. The van der Waals surface area contributed by atoms with Gasteiger partial charge in [-0.1, -0.05) is 81.4 Å². The molecule has 2 heterocycles. The van der Waals surface area contributed by atoms with Crippen LogP contribution in [0, 0.1) is 0 Å². The Morgan fingerprint density at radius 2 is 1.54 bits per heavy atom. The number of hydrogen-bond donors (Lipinski definition) is 1. The Labute approximate surface area is 238 Å². The van der Waals surface area contributed by atoms with Gasteiger partial charge in [-0.3, -0.25) is 0 Å². The number of aromatic nitrogens is 1. The lowest BCUT2D eigenvalue weighted by Crippen LogP contribution is -2.26. The maximum absolute atomic E-state index is 6.34. The number of halogens is 1. The van der Waals surface area contributed by atoms with Crippen molar-refractivity contribution in [3.05, 3.63) is 113 Å². The molecule has 6 rings (SSSR count). The minimum absolute atomic E-state index is 0. The van der Waals surface area contributed by atoms with E-state index >= 15 is 0 Å². The molecular formula is C35H39ClN2O. The van der Waals surface area contributed by atoms with Crippen LogP contribution in [0.2, 0.25) is 0 Å². The maximum Gasteiger partial charge on any atom is 0.121 e. The molecule has 0 amide bonds. The fraction of sp³-hybridized carbons (Fsp3) is 0.314. The first kappa shape index (κ1) is 27.3. The van der Waals surface area contributed by atoms with Crippen LogP contribution in [0.25, 0.3) is 21.7 Å². The van der Waals surface area contributed by atoms with Gasteiger partial charge >= 0.3 is 0 Å². The summed E-state index contributed by atoms with van der Waals surface area (Å²) in [5.74, 6) is 1.53. The molecule has 0 radical (unpaired) electrons. The van der Waals surface area contributed by atoms with Crippen molar-refractivity contribution in [3.8, 4) is 5.75 Å². The van der Waals surface area contributed by atoms with E-state index in [1.807, 2.05) is 0 Å². The second kappa shape index (κ2) is 11.5. The van der Waals surface area contributed by atoms with Gasteiger partial charge in [0.1, 0.15) is 12.4 Å². The van der Waals surface area contributed by atoms with Gasteiger partial charge in [0.05, 0.1) is 5.52 Å². The Bertz CT molecular complexity index is 1560. The summed E-state index contributed by atoms with van der Waals surface area (Å²) in [6, 6.07) is 30.9. The highest BCUT2D eigenvalue weighted by Gasteiger charge is 2.21. The second-order valence-corrected chi connectivity index (χ2v) is 11.8. The fourth-order valence-corrected chi connectivity index (χ4v) is 5.78. The summed E-state index contributed by atoms with van der Waals surface area (Å²) in [4.78, 5) is 0. The third kappa shape index (κ3) is 6.00. The highest BCUT2D eigenvalue weighted by atomic mass is 35.5. The van der Waals surface area contributed by atoms with Crippen molar-refractivity contribution in [3.63, 3.8) is 0 Å². The van der Waals surface area contributed by atoms with Crippen molar-refractivity contribution < 1.29 is 4.74 Å². The van der Waals surface area contributed by atoms with E-state index in [1.165, 1.54) is 56.8 Å². The number of ether oxygens (including phenoxy) is 1. The van der Waals surface area contributed by atoms with E-state index in [0.29, 0.717) is 12.5 Å². The summed E-state index contributed by atoms with van der Waals surface area (Å²) < 4.78 is 8.77. The zero-order valence-electron chi connectivity index (χ0n) is 23.2. The van der Waals surface area contributed by atoms with Crippen LogP contribution >= 0.6 is 12.4 Å². The molecule has 1 aromatic heterocycles. The van der Waals surface area contributed by atoms with Gasteiger partial charge in [-0.2, -0.15) is 0 Å². The molecule has 0 aliphatic carbocycles. The molecule has 0 bridgehead atoms. The molecule has 1 fully saturated rings. The molecule has 4 aromatic carbocycles. The number of nitrogens with one attached hydrogen (secondary N) is 1. The maximum atomic E-state index is 6.34. The van der Waals surface area contributed by atoms with E-state index < -0.39 is 0 Å². The topological polar surface area (TPSA) is 26.2 Å². The van der Waals surface area contributed by atoms with Gasteiger partial charge in [0.15, 0.2) is 0 Å². The molecule has 202 valence electrons. The zero-order valence-corrected chi connectivity index (χ0v) is 24.1. The highest BCUT2D eigenvalue weighted by Crippen LogP contribution is 2.35. The predicted molar refractivity (Wildman–Crippen MR) is 167 cm³/mol. The van der Waals surface area contributed by atoms with Gasteiger partial charge in [-0.05, 0) is 88.5 Å². The van der Waals surface area contributed by atoms with E-state index in [0.717, 1.165) is 25.4 Å². The smallest absolute Gasteiger partial charge is 0.121 e. The van der Waals surface area contributed by atoms with Crippen LogP contribution in [-0.4, -0.2) is 17.7 Å². The summed E-state index contributed by atoms with van der Waals surface area (Å²) in [5, 5.41) is 7.40. The highest BCUT2D eigenvalue weighted by molar-refractivity contribution is 5.86. The number of benzene rings is 4. The van der Waals surface area contributed by atoms with Crippen molar-refractivity contribution >= 4 is 34.1 Å². The SMILES string of the molecule is CC(C)(C)c1ccc(Cn2cc(C3CCNCC3)c3ccc(OCc4ccc5ccccc5c4)cc32)cc1.Cl. The molecule has 1 aliphatic heterocycles. The number of piperidine rings is 1. The van der Waals surface area contributed by atoms with Gasteiger partial charge in [0, 0.05) is 24.2 Å². The molecule has 39 heavy (non-hydrogen) atoms. The van der Waals surface area contributed by atoms with Crippen molar-refractivity contribution in [1.82, 2.24) is 9.88 Å². The van der Waals surface area contributed by atoms with Gasteiger partial charge in [-0.15, -0.1) is 12.4 Å². The minimum atomic E-state index is 0. The van der Waals surface area contributed by atoms with Crippen molar-refractivity contribution in [2.75, 3.05) is 13.1 Å². The number of rotatable bonds is 6. The van der Waals surface area contributed by atoms with Gasteiger partial charge in [0.2, 0.25) is 0 Å². The van der Waals surface area contributed by atoms with Crippen LogP contribution in [-0.2, 0) is 18.6 Å². The molecule has 4 heteroatoms. The summed E-state index contributed by atoms with van der Waals surface area (Å²) in [6.07, 6.45) is 4.80. The van der Waals surface area contributed by atoms with E-state index in [1.54, 1.807) is 0 Å². The van der Waals surface area contributed by atoms with Crippen LogP contribution in [0.3, 0.4) is 0 Å². The molecule has 0 unspecified atom stereocenters. The Hall–Kier alpha value is -3.27. The third-order valence-corrected chi connectivity index (χ3v) is 8.06. The van der Waals surface area contributed by atoms with E-state index in [-0.39, 0.29) is 17.8 Å². The molecule has 0 atom stereocenters. The van der Waals surface area contributed by atoms with E-state index in [4.69, 9.17) is 4.74 Å². The average molecular weight is 539 g/mol. The molecule has 0 spiro atoms. The fourth-order valence-electron chi connectivity index (χ4n) is 5.78. The first-order valence-corrected chi connectivity index (χ1v) is 14.0. The number of hydrogen-bond acceptors (Lipinski definition) is 2. The van der Waals surface area contributed by atoms with Gasteiger partial charge < -0.3 is 14.6 Å². The summed E-state index contributed by atoms with van der Waals surface area (Å²) in [7, 11) is 0. The Balaban J connectivity index is 0.00000308. The second-order valence-electron chi connectivity index (χ2n) is 11.8. The first-order chi connectivity index (χ1) is 18.4. The van der Waals surface area contributed by atoms with Crippen LogP contribution in [0.1, 0.15) is 61.8 Å². The largest absolute Gasteiger partial charge is 0.489 e. The number of nitrogens with zero attached hydrogens (tertiary/aromatic N) is 1. The lowest BCUT2D eigenvalue weighted by Gasteiger charge is -2.22. The quantitative estimate of drug-likeness (QED) is 0.234. The molecule has 5 aromatic rings. The Morgan fingerprint density at radius 3 is 2.28 bits per heavy atom. The molecule has 0 saturated carbocycles. The summed E-state index contributed by atoms with van der Waals surface area (Å²) in [5.41, 5.74) is 6.79. The summed E-state index contributed by atoms with van der Waals surface area (Å²) >= 11 is 0. The molecule has 1 saturated heterocycles. The zero-order chi connectivity index (χ0) is 26.1. The predicted octanol–water partition coefficient (Wildman–Crippen LogP) is 8.61. The molecular weight excluding hydrogens is 500 g/mol. The lowest BCUT2D eigenvalue weighted by atomic mass is 9.87. The van der Waals surface area contributed by atoms with Crippen LogP contribution < -0.4 is 10.1 Å². The van der Waals surface area contributed by atoms with E-state index in [9.17, 15) is 0 Å². The third-order valence-electron chi connectivity index (χ3n) is 8.06. The van der Waals surface area contributed by atoms with Crippen molar-refractivity contribution in [1.29, 1.82) is 0 Å². The molecule has 3 nitrogen and oxygen atoms in total. The Morgan fingerprint density at radius 1 is 0.821 bits per heavy atom. The molecule has 1 N–H and O–H groups in total. The average Bonchev–Trinajstić information content (AvgIpc) is 3.29. The summed E-state index contributed by atoms with van der Waals surface area (Å²) in [6.45, 7) is 10.4. The van der Waals surface area contributed by atoms with Crippen molar-refractivity contribution in [2.45, 2.75) is 58.1 Å². The standard InChI is InChI=1S/C35H38N2O.ClH/c1-35(2,3)30-12-9-25(10-13-30)22-37-23-33(28-16-18-36-19-17-28)32-15-14-31(21-34(32)37)38-24-26-8-11-27-6-4-5-7-29(27)20-26;/h4-15,20-21,23,28,36H,16-19,22,24H2,1-3H3;1H. The van der Waals surface area contributed by atoms with Gasteiger partial charge in [-0.25, -0.2) is 0 Å². The molecule has 1 aliphatic rings. The minimum Gasteiger partial charge on any atom is -0.489 e. The normalized spacial score (nSPS) is 14.4. The lowest BCUT2D eigenvalue weighted by molar-refractivity contribution is 0.306.